The summed E-state index contributed by atoms with van der Waals surface area (Å²) in [6, 6.07) is -4.13. The highest BCUT2D eigenvalue weighted by Crippen LogP contribution is 2.04. The van der Waals surface area contributed by atoms with Gasteiger partial charge in [-0.1, -0.05) is 13.8 Å². The zero-order chi connectivity index (χ0) is 25.8. The van der Waals surface area contributed by atoms with Gasteiger partial charge in [0, 0.05) is 24.9 Å². The van der Waals surface area contributed by atoms with Crippen LogP contribution in [0.5, 0.6) is 0 Å². The zero-order valence-corrected chi connectivity index (χ0v) is 19.6. The molecule has 4 unspecified atom stereocenters. The summed E-state index contributed by atoms with van der Waals surface area (Å²) in [7, 11) is 0. The molecule has 0 aromatic carbocycles. The third-order valence-corrected chi connectivity index (χ3v) is 4.94. The molecule has 14 nitrogen and oxygen atoms in total. The lowest BCUT2D eigenvalue weighted by Crippen LogP contribution is -2.57. The fourth-order valence-corrected chi connectivity index (χ4v) is 2.84. The van der Waals surface area contributed by atoms with Crippen LogP contribution in [0.3, 0.4) is 0 Å². The van der Waals surface area contributed by atoms with Gasteiger partial charge in [0.05, 0.1) is 12.4 Å². The molecule has 1 aromatic rings. The van der Waals surface area contributed by atoms with Crippen molar-refractivity contribution >= 4 is 29.7 Å². The lowest BCUT2D eigenvalue weighted by Gasteiger charge is -2.24. The van der Waals surface area contributed by atoms with E-state index in [9.17, 15) is 24.3 Å². The van der Waals surface area contributed by atoms with Crippen molar-refractivity contribution in [1.29, 1.82) is 0 Å². The number of nitrogens with zero attached hydrogens (tertiary/aromatic N) is 2. The number of rotatable bonds is 14. The van der Waals surface area contributed by atoms with Gasteiger partial charge in [-0.3, -0.25) is 19.4 Å². The van der Waals surface area contributed by atoms with Crippen LogP contribution < -0.4 is 33.2 Å². The molecule has 1 heterocycles. The van der Waals surface area contributed by atoms with Crippen molar-refractivity contribution in [3.8, 4) is 0 Å². The molecule has 0 saturated heterocycles. The topological polar surface area (TPSA) is 244 Å². The number of aromatic nitrogens is 2. The Morgan fingerprint density at radius 3 is 2.24 bits per heavy atom. The Labute approximate surface area is 197 Å². The van der Waals surface area contributed by atoms with Crippen LogP contribution in [0.1, 0.15) is 39.3 Å². The molecule has 0 aliphatic carbocycles. The van der Waals surface area contributed by atoms with Crippen molar-refractivity contribution < 1.29 is 24.3 Å². The molecule has 1 aromatic heterocycles. The molecule has 0 bridgehead atoms. The van der Waals surface area contributed by atoms with E-state index in [1.165, 1.54) is 19.4 Å². The van der Waals surface area contributed by atoms with Gasteiger partial charge < -0.3 is 43.2 Å². The molecule has 190 valence electrons. The fraction of sp³-hybridized carbons (Fsp3) is 0.600. The van der Waals surface area contributed by atoms with Crippen molar-refractivity contribution in [3.63, 3.8) is 0 Å². The van der Waals surface area contributed by atoms with Crippen molar-refractivity contribution in [1.82, 2.24) is 25.9 Å². The number of carboxylic acids is 1. The minimum absolute atomic E-state index is 0.0156. The maximum atomic E-state index is 12.8. The number of carbonyl (C=O) groups is 4. The van der Waals surface area contributed by atoms with Crippen molar-refractivity contribution in [2.45, 2.75) is 64.2 Å². The number of hydrogen-bond acceptors (Lipinski definition) is 7. The quantitative estimate of drug-likeness (QED) is 0.0797. The number of H-pyrrole nitrogens is 1. The molecule has 11 N–H and O–H groups in total. The Hall–Kier alpha value is -3.68. The van der Waals surface area contributed by atoms with Crippen LogP contribution >= 0.6 is 0 Å². The normalized spacial score (nSPS) is 14.4. The second-order valence-electron chi connectivity index (χ2n) is 8.19. The molecular formula is C20H35N9O5. The molecule has 0 spiro atoms. The second-order valence-corrected chi connectivity index (χ2v) is 8.19. The maximum Gasteiger partial charge on any atom is 0.326 e. The summed E-state index contributed by atoms with van der Waals surface area (Å²) in [6.07, 6.45) is 3.39. The van der Waals surface area contributed by atoms with Gasteiger partial charge in [0.2, 0.25) is 17.7 Å². The highest BCUT2D eigenvalue weighted by Gasteiger charge is 2.29. The maximum absolute atomic E-state index is 12.8. The van der Waals surface area contributed by atoms with E-state index < -0.39 is 47.9 Å². The van der Waals surface area contributed by atoms with Crippen LogP contribution in [-0.4, -0.2) is 75.4 Å². The van der Waals surface area contributed by atoms with E-state index in [-0.39, 0.29) is 31.3 Å². The lowest BCUT2D eigenvalue weighted by molar-refractivity contribution is -0.142. The van der Waals surface area contributed by atoms with Crippen LogP contribution in [0.4, 0.5) is 0 Å². The number of aromatic amines is 1. The summed E-state index contributed by atoms with van der Waals surface area (Å²) in [4.78, 5) is 59.7. The summed E-state index contributed by atoms with van der Waals surface area (Å²) < 4.78 is 0. The standard InChI is InChI=1S/C20H35N9O5/c1-10(2)15(21)18(32)28-13(5-4-6-25-20(22)23)17(31)27-11(3)16(30)29-14(19(33)34)7-12-8-24-9-26-12/h8-11,13-15H,4-7,21H2,1-3H3,(H,24,26)(H,27,31)(H,28,32)(H,29,30)(H,33,34)(H4,22,23,25). The van der Waals surface area contributed by atoms with E-state index in [1.54, 1.807) is 13.8 Å². The van der Waals surface area contributed by atoms with E-state index in [4.69, 9.17) is 17.2 Å². The summed E-state index contributed by atoms with van der Waals surface area (Å²) in [5.74, 6) is -3.34. The molecule has 0 saturated carbocycles. The number of nitrogens with one attached hydrogen (secondary N) is 4. The average molecular weight is 482 g/mol. The van der Waals surface area contributed by atoms with Gasteiger partial charge in [-0.25, -0.2) is 9.78 Å². The number of carboxylic acid groups (broad SMARTS) is 1. The molecule has 0 aliphatic rings. The van der Waals surface area contributed by atoms with E-state index in [2.05, 4.69) is 30.9 Å². The lowest BCUT2D eigenvalue weighted by atomic mass is 10.0. The Balaban J connectivity index is 2.80. The molecule has 3 amide bonds. The van der Waals surface area contributed by atoms with Gasteiger partial charge in [-0.2, -0.15) is 0 Å². The Kier molecular flexibility index (Phi) is 11.5. The van der Waals surface area contributed by atoms with Crippen LogP contribution in [0.25, 0.3) is 0 Å². The van der Waals surface area contributed by atoms with Crippen molar-refractivity contribution in [2.75, 3.05) is 6.54 Å². The molecule has 14 heteroatoms. The number of aliphatic carboxylic acids is 1. The average Bonchev–Trinajstić information content (AvgIpc) is 3.27. The van der Waals surface area contributed by atoms with Crippen LogP contribution in [0, 0.1) is 5.92 Å². The number of aliphatic imine (C=N–C) groups is 1. The van der Waals surface area contributed by atoms with Crippen molar-refractivity contribution in [2.24, 2.45) is 28.1 Å². The number of guanidine groups is 1. The Morgan fingerprint density at radius 1 is 1.06 bits per heavy atom. The van der Waals surface area contributed by atoms with Gasteiger partial charge in [0.1, 0.15) is 18.1 Å². The summed E-state index contributed by atoms with van der Waals surface area (Å²) in [6.45, 7) is 5.18. The van der Waals surface area contributed by atoms with Crippen LogP contribution in [0.15, 0.2) is 17.5 Å². The van der Waals surface area contributed by atoms with E-state index in [0.717, 1.165) is 0 Å². The van der Waals surface area contributed by atoms with Crippen LogP contribution in [0.2, 0.25) is 0 Å². The Bertz CT molecular complexity index is 853. The first-order valence-electron chi connectivity index (χ1n) is 10.8. The van der Waals surface area contributed by atoms with Gasteiger partial charge >= 0.3 is 5.97 Å². The number of imidazole rings is 1. The molecule has 0 aliphatic heterocycles. The van der Waals surface area contributed by atoms with E-state index in [1.807, 2.05) is 0 Å². The van der Waals surface area contributed by atoms with Crippen LogP contribution in [-0.2, 0) is 25.6 Å². The number of amides is 3. The summed E-state index contributed by atoms with van der Waals surface area (Å²) in [5.41, 5.74) is 17.0. The number of hydrogen-bond donors (Lipinski definition) is 8. The summed E-state index contributed by atoms with van der Waals surface area (Å²) in [5, 5.41) is 16.9. The highest BCUT2D eigenvalue weighted by atomic mass is 16.4. The SMILES string of the molecule is CC(NC(=O)C(CCCN=C(N)N)NC(=O)C(N)C(C)C)C(=O)NC(Cc1cnc[nH]1)C(=O)O. The first-order valence-corrected chi connectivity index (χ1v) is 10.8. The van der Waals surface area contributed by atoms with Gasteiger partial charge in [0.15, 0.2) is 5.96 Å². The molecule has 34 heavy (non-hydrogen) atoms. The first-order chi connectivity index (χ1) is 15.9. The minimum atomic E-state index is -1.24. The third kappa shape index (κ3) is 9.85. The fourth-order valence-electron chi connectivity index (χ4n) is 2.84. The minimum Gasteiger partial charge on any atom is -0.480 e. The monoisotopic (exact) mass is 481 g/mol. The molecule has 1 rings (SSSR count). The predicted molar refractivity (Wildman–Crippen MR) is 124 cm³/mol. The molecular weight excluding hydrogens is 446 g/mol. The smallest absolute Gasteiger partial charge is 0.326 e. The Morgan fingerprint density at radius 2 is 1.71 bits per heavy atom. The zero-order valence-electron chi connectivity index (χ0n) is 19.6. The third-order valence-electron chi connectivity index (χ3n) is 4.94. The number of carbonyl (C=O) groups excluding carboxylic acids is 3. The highest BCUT2D eigenvalue weighted by molar-refractivity contribution is 5.94. The van der Waals surface area contributed by atoms with E-state index >= 15 is 0 Å². The van der Waals surface area contributed by atoms with E-state index in [0.29, 0.717) is 12.1 Å². The van der Waals surface area contributed by atoms with Gasteiger partial charge in [-0.15, -0.1) is 0 Å². The first kappa shape index (κ1) is 28.4. The molecule has 0 fully saturated rings. The summed E-state index contributed by atoms with van der Waals surface area (Å²) >= 11 is 0. The van der Waals surface area contributed by atoms with Gasteiger partial charge in [-0.05, 0) is 25.7 Å². The molecule has 4 atom stereocenters. The number of nitrogens with two attached hydrogens (primary N) is 3. The molecule has 0 radical (unpaired) electrons. The van der Waals surface area contributed by atoms with Gasteiger partial charge in [0.25, 0.3) is 0 Å². The predicted octanol–water partition coefficient (Wildman–Crippen LogP) is -2.45. The largest absolute Gasteiger partial charge is 0.480 e. The second kappa shape index (κ2) is 13.8. The van der Waals surface area contributed by atoms with Crippen molar-refractivity contribution in [3.05, 3.63) is 18.2 Å².